The number of hydrogen-bond donors (Lipinski definition) is 1. The molecular weight excluding hydrogens is 440 g/mol. The van der Waals surface area contributed by atoms with Gasteiger partial charge in [0.05, 0.1) is 17.6 Å². The lowest BCUT2D eigenvalue weighted by Crippen LogP contribution is -2.40. The molecule has 0 amide bonds. The lowest BCUT2D eigenvalue weighted by molar-refractivity contribution is -0.129. The molecule has 0 bridgehead atoms. The zero-order valence-corrected chi connectivity index (χ0v) is 19.3. The van der Waals surface area contributed by atoms with Crippen LogP contribution in [0.15, 0.2) is 82.6 Å². The van der Waals surface area contributed by atoms with Crippen LogP contribution in [0.4, 0.5) is 0 Å². The van der Waals surface area contributed by atoms with Gasteiger partial charge in [-0.2, -0.15) is 5.10 Å². The largest absolute Gasteiger partial charge is 0.402 e. The first-order chi connectivity index (χ1) is 15.6. The number of hydrogen-bond acceptors (Lipinski definition) is 6. The summed E-state index contributed by atoms with van der Waals surface area (Å²) in [6.45, 7) is 5.92. The molecule has 4 rings (SSSR count). The summed E-state index contributed by atoms with van der Waals surface area (Å²) >= 11 is 0. The van der Waals surface area contributed by atoms with Crippen molar-refractivity contribution in [1.82, 2.24) is 14.5 Å². The number of nitrogens with one attached hydrogen (secondary N) is 1. The zero-order valence-electron chi connectivity index (χ0n) is 18.5. The Morgan fingerprint density at radius 3 is 2.42 bits per heavy atom. The van der Waals surface area contributed by atoms with Gasteiger partial charge in [-0.25, -0.2) is 22.9 Å². The molecule has 0 fully saturated rings. The van der Waals surface area contributed by atoms with Gasteiger partial charge in [-0.15, -0.1) is 0 Å². The average molecular weight is 465 g/mol. The van der Waals surface area contributed by atoms with E-state index in [2.05, 4.69) is 14.8 Å². The van der Waals surface area contributed by atoms with Crippen LogP contribution in [-0.2, 0) is 26.1 Å². The van der Waals surface area contributed by atoms with Crippen molar-refractivity contribution in [3.8, 4) is 0 Å². The average Bonchev–Trinajstić information content (AvgIpc) is 3.34. The molecule has 1 aliphatic rings. The molecule has 8 nitrogen and oxygen atoms in total. The van der Waals surface area contributed by atoms with Crippen molar-refractivity contribution in [3.05, 3.63) is 89.4 Å². The van der Waals surface area contributed by atoms with Crippen LogP contribution in [0.25, 0.3) is 6.08 Å². The molecule has 1 aliphatic heterocycles. The molecule has 0 saturated carbocycles. The van der Waals surface area contributed by atoms with E-state index >= 15 is 0 Å². The summed E-state index contributed by atoms with van der Waals surface area (Å²) < 4.78 is 34.6. The predicted octanol–water partition coefficient (Wildman–Crippen LogP) is 3.35. The molecule has 0 aliphatic carbocycles. The maximum absolute atomic E-state index is 12.5. The highest BCUT2D eigenvalue weighted by atomic mass is 32.2. The third-order valence-corrected chi connectivity index (χ3v) is 6.39. The van der Waals surface area contributed by atoms with Crippen LogP contribution in [0.5, 0.6) is 0 Å². The molecule has 0 radical (unpaired) electrons. The molecule has 1 N–H and O–H groups in total. The number of sulfonamides is 1. The van der Waals surface area contributed by atoms with Crippen LogP contribution in [0.3, 0.4) is 0 Å². The smallest absolute Gasteiger partial charge is 0.363 e. The minimum atomic E-state index is -3.66. The third kappa shape index (κ3) is 5.63. The van der Waals surface area contributed by atoms with Crippen molar-refractivity contribution in [2.45, 2.75) is 37.8 Å². The molecule has 33 heavy (non-hydrogen) atoms. The minimum Gasteiger partial charge on any atom is -0.402 e. The van der Waals surface area contributed by atoms with Gasteiger partial charge in [-0.05, 0) is 56.7 Å². The first-order valence-corrected chi connectivity index (χ1v) is 11.8. The number of benzene rings is 2. The second kappa shape index (κ2) is 8.76. The highest BCUT2D eigenvalue weighted by molar-refractivity contribution is 7.89. The van der Waals surface area contributed by atoms with Gasteiger partial charge in [0.15, 0.2) is 5.70 Å². The maximum Gasteiger partial charge on any atom is 0.363 e. The van der Waals surface area contributed by atoms with Crippen molar-refractivity contribution < 1.29 is 17.9 Å². The highest BCUT2D eigenvalue weighted by Gasteiger charge is 2.26. The van der Waals surface area contributed by atoms with Gasteiger partial charge < -0.3 is 4.74 Å². The summed E-state index contributed by atoms with van der Waals surface area (Å²) in [5, 5.41) is 4.32. The Morgan fingerprint density at radius 1 is 1.06 bits per heavy atom. The van der Waals surface area contributed by atoms with E-state index in [0.29, 0.717) is 12.1 Å². The van der Waals surface area contributed by atoms with Gasteiger partial charge in [0.1, 0.15) is 0 Å². The third-order valence-electron chi connectivity index (χ3n) is 4.62. The normalized spacial score (nSPS) is 15.5. The van der Waals surface area contributed by atoms with Crippen molar-refractivity contribution in [3.63, 3.8) is 0 Å². The van der Waals surface area contributed by atoms with Gasteiger partial charge >= 0.3 is 5.97 Å². The maximum atomic E-state index is 12.5. The Balaban J connectivity index is 1.51. The number of cyclic esters (lactones) is 1. The minimum absolute atomic E-state index is 0.118. The molecule has 3 aromatic rings. The predicted molar refractivity (Wildman–Crippen MR) is 125 cm³/mol. The second-order valence-electron chi connectivity index (χ2n) is 8.67. The number of nitrogens with zero attached hydrogens (tertiary/aromatic N) is 3. The Bertz CT molecular complexity index is 1330. The summed E-state index contributed by atoms with van der Waals surface area (Å²) in [4.78, 5) is 16.7. The van der Waals surface area contributed by atoms with Crippen LogP contribution < -0.4 is 4.72 Å². The molecule has 0 atom stereocenters. The molecule has 0 saturated heterocycles. The van der Waals surface area contributed by atoms with Crippen LogP contribution >= 0.6 is 0 Å². The number of aliphatic imine (C=N–C) groups is 1. The first kappa shape index (κ1) is 22.6. The van der Waals surface area contributed by atoms with Crippen LogP contribution in [0.1, 0.15) is 37.5 Å². The SMILES string of the molecule is CC(C)(C)NS(=O)(=O)c1ccc(C2=N/C(=C\c3cnn(Cc4ccccc4)c3)C(=O)O2)cc1. The van der Waals surface area contributed by atoms with E-state index in [1.54, 1.807) is 49.9 Å². The standard InChI is InChI=1S/C24H24N4O4S/c1-24(2,3)27-33(30,31)20-11-9-19(10-12-20)22-26-21(23(29)32-22)13-18-14-25-28(16-18)15-17-7-5-4-6-8-17/h4-14,16,27H,15H2,1-3H3/b21-13-. The Kier molecular flexibility index (Phi) is 6.01. The first-order valence-electron chi connectivity index (χ1n) is 10.3. The summed E-state index contributed by atoms with van der Waals surface area (Å²) in [6, 6.07) is 15.9. The number of aromatic nitrogens is 2. The van der Waals surface area contributed by atoms with Crippen LogP contribution in [0, 0.1) is 0 Å². The molecule has 2 aromatic carbocycles. The van der Waals surface area contributed by atoms with E-state index in [1.165, 1.54) is 12.1 Å². The quantitative estimate of drug-likeness (QED) is 0.445. The number of rotatable bonds is 6. The van der Waals surface area contributed by atoms with E-state index in [0.717, 1.165) is 11.1 Å². The van der Waals surface area contributed by atoms with E-state index in [-0.39, 0.29) is 16.5 Å². The highest BCUT2D eigenvalue weighted by Crippen LogP contribution is 2.21. The summed E-state index contributed by atoms with van der Waals surface area (Å²) in [7, 11) is -3.66. The van der Waals surface area contributed by atoms with Crippen molar-refractivity contribution in [2.24, 2.45) is 4.99 Å². The lowest BCUT2D eigenvalue weighted by atomic mass is 10.1. The summed E-state index contributed by atoms with van der Waals surface area (Å²) in [6.07, 6.45) is 5.08. The summed E-state index contributed by atoms with van der Waals surface area (Å²) in [5.74, 6) is -0.456. The van der Waals surface area contributed by atoms with Gasteiger partial charge in [-0.3, -0.25) is 4.68 Å². The molecular formula is C24H24N4O4S. The van der Waals surface area contributed by atoms with Crippen molar-refractivity contribution in [1.29, 1.82) is 0 Å². The second-order valence-corrected chi connectivity index (χ2v) is 10.4. The van der Waals surface area contributed by atoms with E-state index in [4.69, 9.17) is 4.74 Å². The van der Waals surface area contributed by atoms with E-state index < -0.39 is 21.5 Å². The summed E-state index contributed by atoms with van der Waals surface area (Å²) in [5.41, 5.74) is 1.88. The van der Waals surface area contributed by atoms with Gasteiger partial charge in [0, 0.05) is 22.9 Å². The fourth-order valence-electron chi connectivity index (χ4n) is 3.24. The molecule has 170 valence electrons. The number of ether oxygens (including phenoxy) is 1. The molecule has 0 unspecified atom stereocenters. The van der Waals surface area contributed by atoms with Gasteiger partial charge in [0.2, 0.25) is 15.9 Å². The number of esters is 1. The topological polar surface area (TPSA) is 103 Å². The Morgan fingerprint density at radius 2 is 1.76 bits per heavy atom. The van der Waals surface area contributed by atoms with Crippen LogP contribution in [-0.4, -0.2) is 35.6 Å². The van der Waals surface area contributed by atoms with Gasteiger partial charge in [0.25, 0.3) is 0 Å². The fraction of sp³-hybridized carbons (Fsp3) is 0.208. The van der Waals surface area contributed by atoms with Crippen molar-refractivity contribution >= 4 is 28.0 Å². The van der Waals surface area contributed by atoms with Crippen LogP contribution in [0.2, 0.25) is 0 Å². The monoisotopic (exact) mass is 464 g/mol. The Labute approximate surface area is 192 Å². The van der Waals surface area contributed by atoms with Crippen molar-refractivity contribution in [2.75, 3.05) is 0 Å². The molecule has 2 heterocycles. The number of carbonyl (C=O) groups is 1. The number of carbonyl (C=O) groups excluding carboxylic acids is 1. The van der Waals surface area contributed by atoms with Gasteiger partial charge in [-0.1, -0.05) is 30.3 Å². The molecule has 1 aromatic heterocycles. The molecule has 9 heteroatoms. The van der Waals surface area contributed by atoms with E-state index in [1.807, 2.05) is 36.5 Å². The molecule has 0 spiro atoms. The zero-order chi connectivity index (χ0) is 23.6. The van der Waals surface area contributed by atoms with E-state index in [9.17, 15) is 13.2 Å². The lowest BCUT2D eigenvalue weighted by Gasteiger charge is -2.20. The Hall–Kier alpha value is -3.56. The fourth-order valence-corrected chi connectivity index (χ4v) is 4.66.